The number of imide groups is 1. The van der Waals surface area contributed by atoms with Gasteiger partial charge in [-0.3, -0.25) is 14.5 Å². The molecule has 1 aromatic rings. The van der Waals surface area contributed by atoms with Gasteiger partial charge >= 0.3 is 0 Å². The van der Waals surface area contributed by atoms with Crippen LogP contribution >= 0.6 is 16.8 Å². The molecule has 0 N–H and O–H groups in total. The molecule has 7 heteroatoms. The van der Waals surface area contributed by atoms with Crippen LogP contribution in [0.1, 0.15) is 41.0 Å². The van der Waals surface area contributed by atoms with Crippen LogP contribution in [0.15, 0.2) is 24.3 Å². The lowest BCUT2D eigenvalue weighted by Crippen LogP contribution is -2.29. The van der Waals surface area contributed by atoms with Crippen molar-refractivity contribution in [2.24, 2.45) is 0 Å². The summed E-state index contributed by atoms with van der Waals surface area (Å²) >= 11 is 7.00. The summed E-state index contributed by atoms with van der Waals surface area (Å²) < 4.78 is 5.77. The third-order valence-corrected chi connectivity index (χ3v) is 9.92. The zero-order valence-corrected chi connectivity index (χ0v) is 14.6. The quantitative estimate of drug-likeness (QED) is 0.558. The van der Waals surface area contributed by atoms with Crippen molar-refractivity contribution in [2.45, 2.75) is 20.3 Å². The van der Waals surface area contributed by atoms with Crippen LogP contribution in [0.2, 0.25) is 0 Å². The zero-order valence-electron chi connectivity index (χ0n) is 12.1. The Labute approximate surface area is 134 Å². The molecule has 0 fully saturated rings. The molecule has 1 aliphatic rings. The van der Waals surface area contributed by atoms with E-state index in [0.29, 0.717) is 17.7 Å². The largest absolute Gasteiger partial charge is 0.341 e. The third-order valence-electron chi connectivity index (χ3n) is 3.14. The van der Waals surface area contributed by atoms with Gasteiger partial charge in [0.25, 0.3) is 11.8 Å². The highest BCUT2D eigenvalue weighted by Crippen LogP contribution is 2.60. The van der Waals surface area contributed by atoms with Gasteiger partial charge in [0.15, 0.2) is 0 Å². The Kier molecular flexibility index (Phi) is 5.60. The van der Waals surface area contributed by atoms with Crippen molar-refractivity contribution in [1.82, 2.24) is 4.90 Å². The second-order valence-electron chi connectivity index (χ2n) is 4.60. The Morgan fingerprint density at radius 1 is 1.19 bits per heavy atom. The van der Waals surface area contributed by atoms with Gasteiger partial charge in [0.2, 0.25) is 0 Å². The number of rotatable bonds is 7. The molecule has 2 amide bonds. The SMILES string of the molecule is CCCOP(=S)(CC)SCN1C(=O)c2ccccc2C1=O. The molecular weight excluding hydrogens is 325 g/mol. The summed E-state index contributed by atoms with van der Waals surface area (Å²) in [7, 11) is 0. The highest BCUT2D eigenvalue weighted by molar-refractivity contribution is 8.69. The maximum absolute atomic E-state index is 12.3. The molecule has 1 aliphatic heterocycles. The summed E-state index contributed by atoms with van der Waals surface area (Å²) in [6.45, 7) is 4.65. The average molecular weight is 343 g/mol. The van der Waals surface area contributed by atoms with E-state index in [0.717, 1.165) is 12.6 Å². The first kappa shape index (κ1) is 16.7. The number of hydrogen-bond donors (Lipinski definition) is 0. The van der Waals surface area contributed by atoms with E-state index in [2.05, 4.69) is 0 Å². The summed E-state index contributed by atoms with van der Waals surface area (Å²) in [5, 5.41) is 0. The topological polar surface area (TPSA) is 46.6 Å². The zero-order chi connectivity index (χ0) is 15.5. The number of amides is 2. The maximum atomic E-state index is 12.3. The lowest BCUT2D eigenvalue weighted by Gasteiger charge is -2.22. The Morgan fingerprint density at radius 3 is 2.24 bits per heavy atom. The second-order valence-corrected chi connectivity index (χ2v) is 12.2. The van der Waals surface area contributed by atoms with Crippen LogP contribution in [0.3, 0.4) is 0 Å². The van der Waals surface area contributed by atoms with Crippen molar-refractivity contribution >= 4 is 40.5 Å². The number of benzene rings is 1. The molecule has 2 rings (SSSR count). The predicted molar refractivity (Wildman–Crippen MR) is 90.5 cm³/mol. The minimum atomic E-state index is -2.01. The molecule has 4 nitrogen and oxygen atoms in total. The van der Waals surface area contributed by atoms with E-state index in [9.17, 15) is 9.59 Å². The standard InChI is InChI=1S/C14H18NO3PS2/c1-3-9-18-19(20,4-2)21-10-15-13(16)11-7-5-6-8-12(11)14(15)17/h5-8H,3-4,9-10H2,1-2H3. The molecule has 1 atom stereocenters. The predicted octanol–water partition coefficient (Wildman–Crippen LogP) is 3.73. The van der Waals surface area contributed by atoms with E-state index in [4.69, 9.17) is 16.3 Å². The lowest BCUT2D eigenvalue weighted by molar-refractivity contribution is 0.0684. The van der Waals surface area contributed by atoms with Crippen LogP contribution in [-0.4, -0.2) is 35.4 Å². The number of carbonyl (C=O) groups is 2. The molecule has 1 heterocycles. The van der Waals surface area contributed by atoms with Crippen molar-refractivity contribution < 1.29 is 14.1 Å². The van der Waals surface area contributed by atoms with Crippen LogP contribution < -0.4 is 0 Å². The van der Waals surface area contributed by atoms with Gasteiger partial charge in [-0.05, 0) is 18.6 Å². The summed E-state index contributed by atoms with van der Waals surface area (Å²) in [5.74, 6) is -0.214. The minimum Gasteiger partial charge on any atom is -0.341 e. The first-order chi connectivity index (χ1) is 10.0. The molecule has 0 saturated heterocycles. The van der Waals surface area contributed by atoms with Crippen LogP contribution in [-0.2, 0) is 16.3 Å². The van der Waals surface area contributed by atoms with Crippen molar-refractivity contribution in [2.75, 3.05) is 18.6 Å². The average Bonchev–Trinajstić information content (AvgIpc) is 2.75. The molecule has 0 saturated carbocycles. The summed E-state index contributed by atoms with van der Waals surface area (Å²) in [6, 6.07) is 6.90. The molecule has 0 spiro atoms. The van der Waals surface area contributed by atoms with Gasteiger partial charge in [-0.15, -0.1) is 0 Å². The van der Waals surface area contributed by atoms with Crippen molar-refractivity contribution in [3.8, 4) is 0 Å². The smallest absolute Gasteiger partial charge is 0.262 e. The molecule has 0 radical (unpaired) electrons. The van der Waals surface area contributed by atoms with Gasteiger partial charge < -0.3 is 4.52 Å². The van der Waals surface area contributed by atoms with Crippen LogP contribution in [0.25, 0.3) is 0 Å². The van der Waals surface area contributed by atoms with E-state index in [-0.39, 0.29) is 17.7 Å². The highest BCUT2D eigenvalue weighted by atomic mass is 32.9. The van der Waals surface area contributed by atoms with Gasteiger partial charge in [-0.1, -0.05) is 49.2 Å². The van der Waals surface area contributed by atoms with Crippen molar-refractivity contribution in [3.05, 3.63) is 35.4 Å². The van der Waals surface area contributed by atoms with Crippen molar-refractivity contribution in [1.29, 1.82) is 0 Å². The molecule has 0 aliphatic carbocycles. The fourth-order valence-corrected chi connectivity index (χ4v) is 5.90. The van der Waals surface area contributed by atoms with E-state index in [1.807, 2.05) is 13.8 Å². The van der Waals surface area contributed by atoms with E-state index >= 15 is 0 Å². The monoisotopic (exact) mass is 343 g/mol. The Morgan fingerprint density at radius 2 is 1.76 bits per heavy atom. The maximum Gasteiger partial charge on any atom is 0.262 e. The van der Waals surface area contributed by atoms with E-state index < -0.39 is 5.47 Å². The highest BCUT2D eigenvalue weighted by Gasteiger charge is 2.35. The summed E-state index contributed by atoms with van der Waals surface area (Å²) in [4.78, 5) is 25.8. The van der Waals surface area contributed by atoms with Gasteiger partial charge in [0.1, 0.15) is 5.47 Å². The molecule has 0 aromatic heterocycles. The fourth-order valence-electron chi connectivity index (χ4n) is 1.95. The van der Waals surface area contributed by atoms with Gasteiger partial charge in [-0.25, -0.2) is 0 Å². The summed E-state index contributed by atoms with van der Waals surface area (Å²) in [5.41, 5.74) is -1.06. The third kappa shape index (κ3) is 3.57. The Hall–Kier alpha value is -0.680. The normalized spacial score (nSPS) is 17.0. The number of carbonyl (C=O) groups excluding carboxylic acids is 2. The molecular formula is C14H18NO3PS2. The van der Waals surface area contributed by atoms with E-state index in [1.54, 1.807) is 24.3 Å². The molecule has 21 heavy (non-hydrogen) atoms. The number of fused-ring (bicyclic) bond motifs is 1. The number of nitrogens with zero attached hydrogens (tertiary/aromatic N) is 1. The molecule has 114 valence electrons. The van der Waals surface area contributed by atoms with Crippen LogP contribution in [0, 0.1) is 0 Å². The molecule has 0 bridgehead atoms. The molecule has 1 aromatic carbocycles. The van der Waals surface area contributed by atoms with Gasteiger partial charge in [-0.2, -0.15) is 0 Å². The first-order valence-corrected chi connectivity index (χ1v) is 11.4. The van der Waals surface area contributed by atoms with E-state index in [1.165, 1.54) is 16.3 Å². The first-order valence-electron chi connectivity index (χ1n) is 6.85. The fraction of sp³-hybridized carbons (Fsp3) is 0.429. The Balaban J connectivity index is 2.07. The molecule has 1 unspecified atom stereocenters. The van der Waals surface area contributed by atoms with Crippen molar-refractivity contribution in [3.63, 3.8) is 0 Å². The Bertz CT molecular complexity index is 571. The lowest BCUT2D eigenvalue weighted by atomic mass is 10.1. The second kappa shape index (κ2) is 7.05. The number of hydrogen-bond acceptors (Lipinski definition) is 5. The van der Waals surface area contributed by atoms with Gasteiger partial charge in [0, 0.05) is 6.16 Å². The van der Waals surface area contributed by atoms with Gasteiger partial charge in [0.05, 0.1) is 23.6 Å². The van der Waals surface area contributed by atoms with Crippen LogP contribution in [0.4, 0.5) is 0 Å². The summed E-state index contributed by atoms with van der Waals surface area (Å²) in [6.07, 6.45) is 1.65. The van der Waals surface area contributed by atoms with Crippen LogP contribution in [0.5, 0.6) is 0 Å². The minimum absolute atomic E-state index is 0.240.